The van der Waals surface area contributed by atoms with E-state index in [9.17, 15) is 4.79 Å². The van der Waals surface area contributed by atoms with Crippen LogP contribution in [-0.4, -0.2) is 19.3 Å². The van der Waals surface area contributed by atoms with Gasteiger partial charge in [0.15, 0.2) is 10.6 Å². The summed E-state index contributed by atoms with van der Waals surface area (Å²) in [5.74, 6) is 0.643. The van der Waals surface area contributed by atoms with Crippen molar-refractivity contribution in [3.05, 3.63) is 33.5 Å². The van der Waals surface area contributed by atoms with Crippen LogP contribution < -0.4 is 5.56 Å². The Morgan fingerprint density at radius 1 is 1.24 bits per heavy atom. The first kappa shape index (κ1) is 15.7. The smallest absolute Gasteiger partial charge is 0.261 e. The summed E-state index contributed by atoms with van der Waals surface area (Å²) in [4.78, 5) is 12.6. The Morgan fingerprint density at radius 3 is 2.67 bits per heavy atom. The van der Waals surface area contributed by atoms with Crippen molar-refractivity contribution in [2.75, 3.05) is 0 Å². The van der Waals surface area contributed by atoms with Gasteiger partial charge < -0.3 is 9.13 Å². The minimum absolute atomic E-state index is 0.00213. The number of hydrogen-bond acceptors (Lipinski definition) is 3. The molecule has 0 atom stereocenters. The topological polar surface area (TPSA) is 55.6 Å². The number of H-pyrrole nitrogens is 1. The third kappa shape index (κ3) is 3.50. The molecular weight excluding hydrogens is 284 g/mol. The van der Waals surface area contributed by atoms with Gasteiger partial charge in [0.05, 0.1) is 5.56 Å². The zero-order chi connectivity index (χ0) is 15.2. The fourth-order valence-electron chi connectivity index (χ4n) is 2.26. The van der Waals surface area contributed by atoms with Crippen molar-refractivity contribution < 1.29 is 0 Å². The second kappa shape index (κ2) is 7.36. The Hall–Kier alpha value is -1.69. The van der Waals surface area contributed by atoms with Gasteiger partial charge in [-0.05, 0) is 37.2 Å². The predicted molar refractivity (Wildman–Crippen MR) is 86.9 cm³/mol. The average molecular weight is 306 g/mol. The molecule has 114 valence electrons. The van der Waals surface area contributed by atoms with Crippen LogP contribution in [0.4, 0.5) is 0 Å². The third-order valence-electron chi connectivity index (χ3n) is 3.51. The Bertz CT molecular complexity index is 698. The summed E-state index contributed by atoms with van der Waals surface area (Å²) < 4.78 is 4.24. The number of nitrogens with one attached hydrogen (secondary N) is 1. The number of pyridine rings is 1. The molecule has 0 unspecified atom stereocenters. The zero-order valence-corrected chi connectivity index (χ0v) is 13.4. The van der Waals surface area contributed by atoms with E-state index in [2.05, 4.69) is 24.0 Å². The van der Waals surface area contributed by atoms with Gasteiger partial charge in [-0.3, -0.25) is 9.89 Å². The molecule has 0 amide bonds. The van der Waals surface area contributed by atoms with Gasteiger partial charge in [0.1, 0.15) is 0 Å². The van der Waals surface area contributed by atoms with E-state index in [1.165, 1.54) is 0 Å². The van der Waals surface area contributed by atoms with E-state index in [0.29, 0.717) is 16.2 Å². The van der Waals surface area contributed by atoms with Crippen LogP contribution in [0.3, 0.4) is 0 Å². The lowest BCUT2D eigenvalue weighted by Crippen LogP contribution is -2.22. The summed E-state index contributed by atoms with van der Waals surface area (Å²) in [6.07, 6.45) is 5.97. The number of rotatable bonds is 7. The van der Waals surface area contributed by atoms with Crippen LogP contribution in [0, 0.1) is 4.77 Å². The van der Waals surface area contributed by atoms with Crippen LogP contribution in [0.25, 0.3) is 11.4 Å². The molecule has 21 heavy (non-hydrogen) atoms. The predicted octanol–water partition coefficient (Wildman–Crippen LogP) is 3.37. The first-order valence-corrected chi connectivity index (χ1v) is 7.94. The lowest BCUT2D eigenvalue weighted by Gasteiger charge is -2.08. The SMILES string of the molecule is CCCCn1cccc(-c2n[nH]c(=S)n2CCCC)c1=O. The van der Waals surface area contributed by atoms with Gasteiger partial charge >= 0.3 is 0 Å². The minimum Gasteiger partial charge on any atom is -0.315 e. The van der Waals surface area contributed by atoms with Gasteiger partial charge in [0, 0.05) is 19.3 Å². The molecule has 0 aliphatic heterocycles. The van der Waals surface area contributed by atoms with Crippen molar-refractivity contribution in [3.63, 3.8) is 0 Å². The fraction of sp³-hybridized carbons (Fsp3) is 0.533. The molecule has 2 aromatic rings. The van der Waals surface area contributed by atoms with Crippen molar-refractivity contribution in [1.82, 2.24) is 19.3 Å². The maximum Gasteiger partial charge on any atom is 0.261 e. The Balaban J connectivity index is 2.43. The highest BCUT2D eigenvalue weighted by Gasteiger charge is 2.13. The number of aromatic nitrogens is 4. The molecule has 0 aliphatic carbocycles. The highest BCUT2D eigenvalue weighted by atomic mass is 32.1. The van der Waals surface area contributed by atoms with E-state index in [0.717, 1.165) is 38.8 Å². The van der Waals surface area contributed by atoms with Gasteiger partial charge in [0.2, 0.25) is 0 Å². The maximum absolute atomic E-state index is 12.6. The number of aryl methyl sites for hydroxylation is 1. The van der Waals surface area contributed by atoms with Crippen molar-refractivity contribution in [3.8, 4) is 11.4 Å². The van der Waals surface area contributed by atoms with E-state index >= 15 is 0 Å². The van der Waals surface area contributed by atoms with E-state index in [4.69, 9.17) is 12.2 Å². The highest BCUT2D eigenvalue weighted by Crippen LogP contribution is 2.14. The molecule has 1 N–H and O–H groups in total. The zero-order valence-electron chi connectivity index (χ0n) is 12.6. The molecule has 0 spiro atoms. The standard InChI is InChI=1S/C15H22N4OS/c1-3-5-9-18-10-7-8-12(14(18)20)13-16-17-15(21)19(13)11-6-4-2/h7-8,10H,3-6,9,11H2,1-2H3,(H,17,21). The Morgan fingerprint density at radius 2 is 1.95 bits per heavy atom. The van der Waals surface area contributed by atoms with Crippen molar-refractivity contribution >= 4 is 12.2 Å². The van der Waals surface area contributed by atoms with Gasteiger partial charge in [-0.25, -0.2) is 0 Å². The normalized spacial score (nSPS) is 11.0. The van der Waals surface area contributed by atoms with Gasteiger partial charge in [-0.2, -0.15) is 5.10 Å². The number of unbranched alkanes of at least 4 members (excludes halogenated alkanes) is 2. The molecule has 5 nitrogen and oxygen atoms in total. The third-order valence-corrected chi connectivity index (χ3v) is 3.82. The Kier molecular flexibility index (Phi) is 5.50. The van der Waals surface area contributed by atoms with Crippen LogP contribution in [0.15, 0.2) is 23.1 Å². The molecule has 0 bridgehead atoms. The second-order valence-corrected chi connectivity index (χ2v) is 5.52. The van der Waals surface area contributed by atoms with E-state index in [1.54, 1.807) is 4.57 Å². The van der Waals surface area contributed by atoms with Crippen molar-refractivity contribution in [1.29, 1.82) is 0 Å². The molecule has 6 heteroatoms. The monoisotopic (exact) mass is 306 g/mol. The Labute approximate surface area is 129 Å². The lowest BCUT2D eigenvalue weighted by molar-refractivity contribution is 0.609. The summed E-state index contributed by atoms with van der Waals surface area (Å²) in [5, 5.41) is 7.06. The number of hydrogen-bond donors (Lipinski definition) is 1. The molecule has 0 saturated carbocycles. The van der Waals surface area contributed by atoms with Gasteiger partial charge in [-0.15, -0.1) is 0 Å². The molecular formula is C15H22N4OS. The van der Waals surface area contributed by atoms with Crippen molar-refractivity contribution in [2.24, 2.45) is 0 Å². The summed E-state index contributed by atoms with van der Waals surface area (Å²) in [6, 6.07) is 3.71. The molecule has 0 aromatic carbocycles. The number of aromatic amines is 1. The second-order valence-electron chi connectivity index (χ2n) is 5.13. The first-order chi connectivity index (χ1) is 10.2. The van der Waals surface area contributed by atoms with E-state index in [-0.39, 0.29) is 5.56 Å². The fourth-order valence-corrected chi connectivity index (χ4v) is 2.48. The lowest BCUT2D eigenvalue weighted by atomic mass is 10.2. The molecule has 2 aromatic heterocycles. The summed E-state index contributed by atoms with van der Waals surface area (Å²) in [5.41, 5.74) is 0.606. The molecule has 2 heterocycles. The van der Waals surface area contributed by atoms with Gasteiger partial charge in [0.25, 0.3) is 5.56 Å². The average Bonchev–Trinajstić information content (AvgIpc) is 2.85. The highest BCUT2D eigenvalue weighted by molar-refractivity contribution is 7.71. The number of nitrogens with zero attached hydrogens (tertiary/aromatic N) is 3. The van der Waals surface area contributed by atoms with E-state index in [1.807, 2.05) is 22.9 Å². The van der Waals surface area contributed by atoms with Crippen LogP contribution in [0.2, 0.25) is 0 Å². The molecule has 0 saturated heterocycles. The molecule has 2 rings (SSSR count). The summed E-state index contributed by atoms with van der Waals surface area (Å²) in [6.45, 7) is 5.77. The molecule has 0 aliphatic rings. The molecule has 0 fully saturated rings. The maximum atomic E-state index is 12.6. The summed E-state index contributed by atoms with van der Waals surface area (Å²) in [7, 11) is 0. The van der Waals surface area contributed by atoms with E-state index < -0.39 is 0 Å². The van der Waals surface area contributed by atoms with Crippen LogP contribution in [0.1, 0.15) is 39.5 Å². The van der Waals surface area contributed by atoms with Crippen molar-refractivity contribution in [2.45, 2.75) is 52.6 Å². The minimum atomic E-state index is -0.00213. The molecule has 0 radical (unpaired) electrons. The summed E-state index contributed by atoms with van der Waals surface area (Å²) >= 11 is 5.27. The van der Waals surface area contributed by atoms with Crippen LogP contribution >= 0.6 is 12.2 Å². The quantitative estimate of drug-likeness (QED) is 0.798. The van der Waals surface area contributed by atoms with Crippen LogP contribution in [0.5, 0.6) is 0 Å². The van der Waals surface area contributed by atoms with Crippen LogP contribution in [-0.2, 0) is 13.1 Å². The largest absolute Gasteiger partial charge is 0.315 e. The van der Waals surface area contributed by atoms with Gasteiger partial charge in [-0.1, -0.05) is 26.7 Å². The first-order valence-electron chi connectivity index (χ1n) is 7.54.